The summed E-state index contributed by atoms with van der Waals surface area (Å²) in [6.07, 6.45) is 0. The molecule has 34 heavy (non-hydrogen) atoms. The summed E-state index contributed by atoms with van der Waals surface area (Å²) >= 11 is 0.906. The van der Waals surface area contributed by atoms with Crippen LogP contribution in [0.15, 0.2) is 57.2 Å². The average molecular weight is 528 g/mol. The van der Waals surface area contributed by atoms with E-state index in [0.29, 0.717) is 16.0 Å². The highest BCUT2D eigenvalue weighted by Gasteiger charge is 2.21. The molecule has 11 nitrogen and oxygen atoms in total. The molecule has 0 aliphatic carbocycles. The summed E-state index contributed by atoms with van der Waals surface area (Å²) < 4.78 is 60.3. The summed E-state index contributed by atoms with van der Waals surface area (Å²) in [7, 11) is -6.55. The Morgan fingerprint density at radius 2 is 1.71 bits per heavy atom. The van der Waals surface area contributed by atoms with Gasteiger partial charge in [-0.05, 0) is 49.4 Å². The zero-order valence-corrected chi connectivity index (χ0v) is 20.6. The van der Waals surface area contributed by atoms with Gasteiger partial charge >= 0.3 is 5.97 Å². The maximum absolute atomic E-state index is 12.6. The van der Waals surface area contributed by atoms with Crippen LogP contribution in [0.5, 0.6) is 5.75 Å². The second-order valence-electron chi connectivity index (χ2n) is 6.89. The molecule has 0 atom stereocenters. The zero-order valence-electron chi connectivity index (χ0n) is 18.1. The predicted octanol–water partition coefficient (Wildman–Crippen LogP) is 0.823. The molecule has 0 spiro atoms. The second-order valence-corrected chi connectivity index (χ2v) is 11.5. The molecule has 3 aromatic rings. The fourth-order valence-electron chi connectivity index (χ4n) is 2.97. The number of carbonyl (C=O) groups is 2. The predicted molar refractivity (Wildman–Crippen MR) is 123 cm³/mol. The number of nitrogens with zero attached hydrogens (tertiary/aromatic N) is 2. The van der Waals surface area contributed by atoms with Gasteiger partial charge in [-0.15, -0.1) is 0 Å². The van der Waals surface area contributed by atoms with Crippen LogP contribution < -0.4 is 14.7 Å². The van der Waals surface area contributed by atoms with Crippen LogP contribution in [0, 0.1) is 0 Å². The molecular formula is C20H21N3O8S3. The van der Waals surface area contributed by atoms with Crippen LogP contribution in [-0.2, 0) is 40.7 Å². The normalized spacial score (nSPS) is 12.6. The molecule has 1 aromatic heterocycles. The van der Waals surface area contributed by atoms with E-state index in [1.807, 2.05) is 0 Å². The van der Waals surface area contributed by atoms with Crippen molar-refractivity contribution in [1.29, 1.82) is 0 Å². The van der Waals surface area contributed by atoms with Gasteiger partial charge in [-0.1, -0.05) is 11.3 Å². The minimum absolute atomic E-state index is 0.00422. The molecular weight excluding hydrogens is 506 g/mol. The second kappa shape index (κ2) is 10.0. The number of primary sulfonamides is 1. The standard InChI is InChI=1S/C20H21N3O8S3/c1-3-31-19(25)11-23-16-9-8-15(34(21,28)29)10-17(16)32-20(23)22-18(24)12-33(26,27)14-6-4-13(30-2)5-7-14/h4-10H,3,11-12H2,1-2H3,(H2,21,28,29). The van der Waals surface area contributed by atoms with Crippen molar-refractivity contribution in [3.05, 3.63) is 47.3 Å². The fraction of sp³-hybridized carbons (Fsp3) is 0.250. The molecule has 0 radical (unpaired) electrons. The summed E-state index contributed by atoms with van der Waals surface area (Å²) in [5, 5.41) is 5.18. The van der Waals surface area contributed by atoms with Crippen molar-refractivity contribution in [3.63, 3.8) is 0 Å². The Bertz CT molecular complexity index is 1520. The molecule has 0 saturated heterocycles. The van der Waals surface area contributed by atoms with E-state index >= 15 is 0 Å². The highest BCUT2D eigenvalue weighted by Crippen LogP contribution is 2.22. The van der Waals surface area contributed by atoms with Gasteiger partial charge in [0.05, 0.1) is 33.7 Å². The topological polar surface area (TPSA) is 164 Å². The lowest BCUT2D eigenvalue weighted by Crippen LogP contribution is -2.24. The number of aromatic nitrogens is 1. The van der Waals surface area contributed by atoms with Crippen molar-refractivity contribution in [2.45, 2.75) is 23.3 Å². The van der Waals surface area contributed by atoms with Gasteiger partial charge in [-0.25, -0.2) is 22.0 Å². The van der Waals surface area contributed by atoms with Crippen LogP contribution in [0.2, 0.25) is 0 Å². The Morgan fingerprint density at radius 1 is 1.06 bits per heavy atom. The quantitative estimate of drug-likeness (QED) is 0.421. The molecule has 0 aliphatic rings. The number of hydrogen-bond acceptors (Lipinski definition) is 9. The lowest BCUT2D eigenvalue weighted by atomic mass is 10.3. The number of nitrogens with two attached hydrogens (primary N) is 1. The van der Waals surface area contributed by atoms with Gasteiger partial charge in [0.1, 0.15) is 18.0 Å². The van der Waals surface area contributed by atoms with Gasteiger partial charge in [0, 0.05) is 0 Å². The Hall–Kier alpha value is -3.07. The van der Waals surface area contributed by atoms with Crippen LogP contribution in [0.3, 0.4) is 0 Å². The average Bonchev–Trinajstić information content (AvgIpc) is 3.08. The number of benzene rings is 2. The SMILES string of the molecule is CCOC(=O)Cn1c(=NC(=O)CS(=O)(=O)c2ccc(OC)cc2)sc2cc(S(N)(=O)=O)ccc21. The molecule has 1 amide bonds. The number of amides is 1. The molecule has 3 rings (SSSR count). The third-order valence-electron chi connectivity index (χ3n) is 4.53. The highest BCUT2D eigenvalue weighted by molar-refractivity contribution is 7.92. The number of fused-ring (bicyclic) bond motifs is 1. The number of sulfonamides is 1. The first-order valence-electron chi connectivity index (χ1n) is 9.71. The van der Waals surface area contributed by atoms with Crippen LogP contribution in [-0.4, -0.2) is 52.7 Å². The van der Waals surface area contributed by atoms with Crippen LogP contribution in [0.25, 0.3) is 10.2 Å². The molecule has 0 fully saturated rings. The van der Waals surface area contributed by atoms with Crippen LogP contribution >= 0.6 is 11.3 Å². The van der Waals surface area contributed by atoms with Crippen molar-refractivity contribution in [1.82, 2.24) is 4.57 Å². The summed E-state index contributed by atoms with van der Waals surface area (Å²) in [4.78, 5) is 28.3. The van der Waals surface area contributed by atoms with E-state index in [-0.39, 0.29) is 27.7 Å². The number of ether oxygens (including phenoxy) is 2. The van der Waals surface area contributed by atoms with E-state index in [1.54, 1.807) is 6.92 Å². The highest BCUT2D eigenvalue weighted by atomic mass is 32.2. The molecule has 2 aromatic carbocycles. The number of methoxy groups -OCH3 is 1. The number of hydrogen-bond donors (Lipinski definition) is 1. The number of rotatable bonds is 8. The molecule has 14 heteroatoms. The summed E-state index contributed by atoms with van der Waals surface area (Å²) in [6, 6.07) is 9.50. The monoisotopic (exact) mass is 527 g/mol. The van der Waals surface area contributed by atoms with Gasteiger partial charge in [-0.2, -0.15) is 4.99 Å². The first-order valence-corrected chi connectivity index (χ1v) is 13.7. The summed E-state index contributed by atoms with van der Waals surface area (Å²) in [5.74, 6) is -2.03. The van der Waals surface area contributed by atoms with Crippen molar-refractivity contribution < 1.29 is 35.9 Å². The van der Waals surface area contributed by atoms with E-state index in [4.69, 9.17) is 14.6 Å². The first kappa shape index (κ1) is 25.6. The maximum atomic E-state index is 12.6. The van der Waals surface area contributed by atoms with Crippen LogP contribution in [0.4, 0.5) is 0 Å². The van der Waals surface area contributed by atoms with E-state index in [2.05, 4.69) is 4.99 Å². The third kappa shape index (κ3) is 5.88. The number of sulfone groups is 1. The minimum atomic E-state index is -4.00. The Balaban J connectivity index is 2.03. The lowest BCUT2D eigenvalue weighted by Gasteiger charge is -2.06. The first-order chi connectivity index (χ1) is 15.9. The van der Waals surface area contributed by atoms with E-state index in [1.165, 1.54) is 54.1 Å². The zero-order chi connectivity index (χ0) is 25.1. The van der Waals surface area contributed by atoms with Gasteiger partial charge in [0.15, 0.2) is 14.6 Å². The Morgan fingerprint density at radius 3 is 2.29 bits per heavy atom. The molecule has 1 heterocycles. The third-order valence-corrected chi connectivity index (χ3v) is 8.10. The lowest BCUT2D eigenvalue weighted by molar-refractivity contribution is -0.143. The van der Waals surface area contributed by atoms with Gasteiger partial charge in [0.25, 0.3) is 5.91 Å². The van der Waals surface area contributed by atoms with Crippen molar-refractivity contribution in [3.8, 4) is 5.75 Å². The molecule has 0 unspecified atom stereocenters. The number of thiazole rings is 1. The molecule has 0 bridgehead atoms. The van der Waals surface area contributed by atoms with Crippen molar-refractivity contribution in [2.24, 2.45) is 10.1 Å². The van der Waals surface area contributed by atoms with Crippen molar-refractivity contribution in [2.75, 3.05) is 19.5 Å². The van der Waals surface area contributed by atoms with Crippen molar-refractivity contribution >= 4 is 53.3 Å². The van der Waals surface area contributed by atoms with E-state index in [0.717, 1.165) is 11.3 Å². The molecule has 2 N–H and O–H groups in total. The number of esters is 1. The number of carbonyl (C=O) groups excluding carboxylic acids is 2. The summed E-state index contributed by atoms with van der Waals surface area (Å²) in [6.45, 7) is 1.44. The molecule has 182 valence electrons. The largest absolute Gasteiger partial charge is 0.497 e. The minimum Gasteiger partial charge on any atom is -0.497 e. The van der Waals surface area contributed by atoms with Gasteiger partial charge < -0.3 is 14.0 Å². The fourth-order valence-corrected chi connectivity index (χ4v) is 5.78. The van der Waals surface area contributed by atoms with E-state index < -0.39 is 37.5 Å². The van der Waals surface area contributed by atoms with Gasteiger partial charge in [-0.3, -0.25) is 9.59 Å². The van der Waals surface area contributed by atoms with Crippen LogP contribution in [0.1, 0.15) is 6.92 Å². The van der Waals surface area contributed by atoms with E-state index in [9.17, 15) is 26.4 Å². The maximum Gasteiger partial charge on any atom is 0.326 e. The molecule has 0 aliphatic heterocycles. The summed E-state index contributed by atoms with van der Waals surface area (Å²) in [5.41, 5.74) is 0.398. The Labute approximate surface area is 199 Å². The smallest absolute Gasteiger partial charge is 0.326 e. The Kier molecular flexibility index (Phi) is 7.55. The molecule has 0 saturated carbocycles. The van der Waals surface area contributed by atoms with Gasteiger partial charge in [0.2, 0.25) is 10.0 Å².